The van der Waals surface area contributed by atoms with Gasteiger partial charge in [-0.3, -0.25) is 0 Å². The van der Waals surface area contributed by atoms with E-state index in [1.165, 1.54) is 0 Å². The van der Waals surface area contributed by atoms with Gasteiger partial charge in [-0.15, -0.1) is 6.20 Å². The van der Waals surface area contributed by atoms with E-state index in [9.17, 15) is 0 Å². The topological polar surface area (TPSA) is 28.7 Å². The smallest absolute Gasteiger partial charge is 0.439 e. The largest absolute Gasteiger partial charge is 1.00 e. The average Bonchev–Trinajstić information content (AvgIpc) is 2.32. The van der Waals surface area contributed by atoms with Crippen molar-refractivity contribution in [3.8, 4) is 0 Å². The van der Waals surface area contributed by atoms with Gasteiger partial charge in [0.05, 0.1) is 0 Å². The van der Waals surface area contributed by atoms with Gasteiger partial charge < -0.3 is 9.97 Å². The van der Waals surface area contributed by atoms with E-state index in [4.69, 9.17) is 0 Å². The van der Waals surface area contributed by atoms with E-state index in [0.717, 1.165) is 17.9 Å². The molecule has 0 aliphatic heterocycles. The second-order valence-corrected chi connectivity index (χ2v) is 4.80. The van der Waals surface area contributed by atoms with Crippen molar-refractivity contribution < 1.29 is 19.5 Å². The predicted molar refractivity (Wildman–Crippen MR) is 54.6 cm³/mol. The Kier molecular flexibility index (Phi) is 5.01. The molecular weight excluding hydrogens is 261 g/mol. The Morgan fingerprint density at radius 3 is 2.36 bits per heavy atom. The third kappa shape index (κ3) is 3.53. The Hall–Kier alpha value is -0.167. The molecule has 0 aromatic carbocycles. The molecule has 1 rings (SSSR count). The van der Waals surface area contributed by atoms with Crippen LogP contribution in [0.3, 0.4) is 0 Å². The molecule has 1 heterocycles. The third-order valence-electron chi connectivity index (χ3n) is 2.20. The summed E-state index contributed by atoms with van der Waals surface area (Å²) in [5.74, 6) is 1.75. The van der Waals surface area contributed by atoms with E-state index in [1.54, 1.807) is 0 Å². The molecule has 1 aromatic rings. The molecule has 0 atom stereocenters. The zero-order valence-electron chi connectivity index (χ0n) is 9.59. The first kappa shape index (κ1) is 13.8. The number of aromatic amines is 1. The molecule has 0 unspecified atom stereocenters. The molecule has 0 saturated carbocycles. The summed E-state index contributed by atoms with van der Waals surface area (Å²) in [5.41, 5.74) is 1.16. The van der Waals surface area contributed by atoms with Gasteiger partial charge in [0.2, 0.25) is 0 Å². The van der Waals surface area contributed by atoms with E-state index >= 15 is 0 Å². The van der Waals surface area contributed by atoms with Crippen LogP contribution in [-0.2, 0) is 24.9 Å². The summed E-state index contributed by atoms with van der Waals surface area (Å²) >= 11 is 0. The molecule has 1 aromatic heterocycles. The Balaban J connectivity index is 0.00000169. The van der Waals surface area contributed by atoms with Crippen molar-refractivity contribution in [2.75, 3.05) is 0 Å². The number of aromatic nitrogens is 2. The van der Waals surface area contributed by atoms with Crippen LogP contribution in [0.5, 0.6) is 0 Å². The van der Waals surface area contributed by atoms with E-state index < -0.39 is 0 Å². The minimum absolute atomic E-state index is 0. The van der Waals surface area contributed by atoms with Crippen molar-refractivity contribution in [1.82, 2.24) is 9.97 Å². The monoisotopic (exact) mass is 281 g/mol. The van der Waals surface area contributed by atoms with Gasteiger partial charge in [0.15, 0.2) is 0 Å². The van der Waals surface area contributed by atoms with Crippen molar-refractivity contribution in [1.29, 1.82) is 0 Å². The molecule has 1 radical (unpaired) electrons. The predicted octanol–water partition coefficient (Wildman–Crippen LogP) is 2.84. The van der Waals surface area contributed by atoms with Crippen LogP contribution in [0.1, 0.15) is 45.6 Å². The zero-order chi connectivity index (χ0) is 10.1. The molecule has 0 amide bonds. The molecule has 1 N–H and O–H groups in total. The number of hydrogen-bond donors (Lipinski definition) is 1. The normalized spacial score (nSPS) is 11.6. The Labute approximate surface area is 99.7 Å². The van der Waals surface area contributed by atoms with Crippen LogP contribution in [0.15, 0.2) is 0 Å². The van der Waals surface area contributed by atoms with Gasteiger partial charge >= 0.3 is 19.5 Å². The van der Waals surface area contributed by atoms with Gasteiger partial charge in [0.1, 0.15) is 0 Å². The van der Waals surface area contributed by atoms with Crippen molar-refractivity contribution in [3.05, 3.63) is 17.7 Å². The number of imidazole rings is 1. The maximum absolute atomic E-state index is 4.26. The first-order chi connectivity index (χ1) is 5.92. The summed E-state index contributed by atoms with van der Waals surface area (Å²) in [7, 11) is 0. The van der Waals surface area contributed by atoms with E-state index in [0.29, 0.717) is 5.92 Å². The van der Waals surface area contributed by atoms with Crippen LogP contribution in [0.25, 0.3) is 0 Å². The van der Waals surface area contributed by atoms with E-state index in [2.05, 4.69) is 43.9 Å². The second kappa shape index (κ2) is 5.07. The molecule has 0 spiro atoms. The van der Waals surface area contributed by atoms with Gasteiger partial charge in [0, 0.05) is 0 Å². The first-order valence-corrected chi connectivity index (χ1v) is 4.86. The number of nitrogens with one attached hydrogen (secondary N) is 1. The molecule has 0 saturated heterocycles. The third-order valence-corrected chi connectivity index (χ3v) is 2.20. The fourth-order valence-corrected chi connectivity index (χ4v) is 1.81. The minimum Gasteiger partial charge on any atom is -0.439 e. The van der Waals surface area contributed by atoms with Crippen molar-refractivity contribution in [2.24, 2.45) is 5.92 Å². The zero-order valence-corrected chi connectivity index (χ0v) is 11.3. The summed E-state index contributed by atoms with van der Waals surface area (Å²) in [6, 6.07) is 0. The van der Waals surface area contributed by atoms with Crippen molar-refractivity contribution in [3.63, 3.8) is 0 Å². The van der Waals surface area contributed by atoms with Crippen LogP contribution in [0.2, 0.25) is 0 Å². The first-order valence-electron chi connectivity index (χ1n) is 4.86. The van der Waals surface area contributed by atoms with Gasteiger partial charge in [-0.05, 0) is 24.1 Å². The van der Waals surface area contributed by atoms with Gasteiger partial charge in [-0.1, -0.05) is 39.8 Å². The Morgan fingerprint density at radius 1 is 1.43 bits per heavy atom. The molecule has 0 bridgehead atoms. The van der Waals surface area contributed by atoms with Gasteiger partial charge in [0.25, 0.3) is 0 Å². The van der Waals surface area contributed by atoms with E-state index in [1.807, 2.05) is 6.92 Å². The van der Waals surface area contributed by atoms with Crippen molar-refractivity contribution in [2.45, 2.75) is 46.5 Å². The van der Waals surface area contributed by atoms with Crippen molar-refractivity contribution >= 4 is 0 Å². The minimum atomic E-state index is 0. The van der Waals surface area contributed by atoms with Crippen LogP contribution in [-0.4, -0.2) is 9.97 Å². The number of H-pyrrole nitrogens is 1. The fourth-order valence-electron chi connectivity index (χ4n) is 1.81. The van der Waals surface area contributed by atoms with Crippen LogP contribution < -0.4 is 0 Å². The van der Waals surface area contributed by atoms with Crippen LogP contribution >= 0.6 is 0 Å². The summed E-state index contributed by atoms with van der Waals surface area (Å²) in [6.07, 6.45) is 4.09. The molecule has 0 fully saturated rings. The molecule has 0 aliphatic carbocycles. The quantitative estimate of drug-likeness (QED) is 0.669. The second-order valence-electron chi connectivity index (χ2n) is 4.80. The SMILES string of the molecule is Cc1[c-]nc(C(C)(C)CC(C)C)[nH]1.[Ru+]. The summed E-state index contributed by atoms with van der Waals surface area (Å²) in [4.78, 5) is 7.51. The number of aryl methyl sites for hydroxylation is 1. The van der Waals surface area contributed by atoms with Gasteiger partial charge in [-0.2, -0.15) is 0 Å². The fraction of sp³-hybridized carbons (Fsp3) is 0.727. The summed E-state index contributed by atoms with van der Waals surface area (Å²) in [6.45, 7) is 10.9. The molecular formula is C11H19N2Ru. The molecule has 14 heavy (non-hydrogen) atoms. The molecule has 3 heteroatoms. The average molecular weight is 280 g/mol. The maximum Gasteiger partial charge on any atom is 1.00 e. The molecule has 0 aliphatic rings. The number of rotatable bonds is 3. The van der Waals surface area contributed by atoms with E-state index in [-0.39, 0.29) is 24.9 Å². The Bertz CT molecular complexity index is 277. The number of hydrogen-bond acceptors (Lipinski definition) is 1. The van der Waals surface area contributed by atoms with Crippen LogP contribution in [0, 0.1) is 19.0 Å². The molecule has 2 nitrogen and oxygen atoms in total. The van der Waals surface area contributed by atoms with Gasteiger partial charge in [-0.25, -0.2) is 0 Å². The number of nitrogens with zero attached hydrogens (tertiary/aromatic N) is 1. The maximum atomic E-state index is 4.26. The van der Waals surface area contributed by atoms with Crippen LogP contribution in [0.4, 0.5) is 0 Å². The molecule has 81 valence electrons. The standard InChI is InChI=1S/C11H19N2.Ru/c1-8(2)6-11(4,5)10-12-7-9(3)13-10;/h8H,6H2,1-5H3,(H,12,13);/q-1;+1. The summed E-state index contributed by atoms with van der Waals surface area (Å²) < 4.78 is 0. The Morgan fingerprint density at radius 2 is 2.00 bits per heavy atom. The summed E-state index contributed by atoms with van der Waals surface area (Å²) in [5, 5.41) is 0.